The number of ether oxygens (including phenoxy) is 1. The number of methoxy groups -OCH3 is 1. The van der Waals surface area contributed by atoms with Crippen LogP contribution in [0.3, 0.4) is 0 Å². The van der Waals surface area contributed by atoms with Gasteiger partial charge in [-0.25, -0.2) is 0 Å². The van der Waals surface area contributed by atoms with E-state index in [0.29, 0.717) is 11.8 Å². The molecule has 0 heterocycles. The maximum atomic E-state index is 10.9. The average molecular weight is 246 g/mol. The van der Waals surface area contributed by atoms with E-state index in [9.17, 15) is 5.11 Å². The van der Waals surface area contributed by atoms with E-state index in [0.717, 1.165) is 32.1 Å². The van der Waals surface area contributed by atoms with Crippen molar-refractivity contribution in [3.05, 3.63) is 35.9 Å². The van der Waals surface area contributed by atoms with Gasteiger partial charge in [0.1, 0.15) is 0 Å². The fraction of sp³-hybridized carbons (Fsp3) is 0.625. The van der Waals surface area contributed by atoms with Crippen LogP contribution in [0.5, 0.6) is 0 Å². The van der Waals surface area contributed by atoms with E-state index in [1.165, 1.54) is 5.56 Å². The lowest BCUT2D eigenvalue weighted by molar-refractivity contribution is -0.0733. The Morgan fingerprint density at radius 1 is 1.28 bits per heavy atom. The van der Waals surface area contributed by atoms with E-state index in [1.54, 1.807) is 7.11 Å². The maximum Gasteiger partial charge on any atom is 0.0706 e. The molecule has 2 aliphatic carbocycles. The van der Waals surface area contributed by atoms with Gasteiger partial charge in [0.25, 0.3) is 0 Å². The normalized spacial score (nSPS) is 39.6. The van der Waals surface area contributed by atoms with Gasteiger partial charge >= 0.3 is 0 Å². The van der Waals surface area contributed by atoms with Crippen molar-refractivity contribution in [1.82, 2.24) is 0 Å². The minimum absolute atomic E-state index is 0.251. The summed E-state index contributed by atoms with van der Waals surface area (Å²) in [7, 11) is 1.76. The van der Waals surface area contributed by atoms with Crippen molar-refractivity contribution in [2.24, 2.45) is 5.92 Å². The van der Waals surface area contributed by atoms with Gasteiger partial charge in [-0.05, 0) is 43.1 Å². The fourth-order valence-corrected chi connectivity index (χ4v) is 3.63. The highest BCUT2D eigenvalue weighted by Crippen LogP contribution is 2.57. The van der Waals surface area contributed by atoms with Crippen LogP contribution in [0.2, 0.25) is 0 Å². The summed E-state index contributed by atoms with van der Waals surface area (Å²) in [5.41, 5.74) is 0.898. The molecule has 4 unspecified atom stereocenters. The molecule has 1 aromatic rings. The summed E-state index contributed by atoms with van der Waals surface area (Å²) in [6, 6.07) is 10.6. The van der Waals surface area contributed by atoms with Crippen LogP contribution < -0.4 is 0 Å². The highest BCUT2D eigenvalue weighted by Gasteiger charge is 2.53. The smallest absolute Gasteiger partial charge is 0.0706 e. The summed E-state index contributed by atoms with van der Waals surface area (Å²) in [5, 5.41) is 10.9. The molecule has 2 fully saturated rings. The van der Waals surface area contributed by atoms with Crippen LogP contribution in [0.25, 0.3) is 0 Å². The molecule has 1 aromatic carbocycles. The van der Waals surface area contributed by atoms with Crippen molar-refractivity contribution < 1.29 is 9.84 Å². The predicted octanol–water partition coefficient (Wildman–Crippen LogP) is 3.11. The molecule has 0 spiro atoms. The van der Waals surface area contributed by atoms with Crippen LogP contribution >= 0.6 is 0 Å². The molecule has 0 saturated heterocycles. The largest absolute Gasteiger partial charge is 0.389 e. The molecule has 2 heteroatoms. The zero-order valence-electron chi connectivity index (χ0n) is 11.0. The van der Waals surface area contributed by atoms with E-state index in [2.05, 4.69) is 30.3 Å². The molecule has 0 aromatic heterocycles. The van der Waals surface area contributed by atoms with Crippen molar-refractivity contribution >= 4 is 0 Å². The van der Waals surface area contributed by atoms with E-state index in [-0.39, 0.29) is 6.10 Å². The van der Waals surface area contributed by atoms with E-state index >= 15 is 0 Å². The Morgan fingerprint density at radius 3 is 2.78 bits per heavy atom. The lowest BCUT2D eigenvalue weighted by Crippen LogP contribution is -2.40. The third-order valence-corrected chi connectivity index (χ3v) is 4.76. The SMILES string of the molecule is COC1CCCC(O)(C2CC2c2ccccc2)C1. The molecule has 2 saturated carbocycles. The molecule has 0 bridgehead atoms. The monoisotopic (exact) mass is 246 g/mol. The first-order valence-corrected chi connectivity index (χ1v) is 7.03. The van der Waals surface area contributed by atoms with Gasteiger partial charge in [-0.2, -0.15) is 0 Å². The quantitative estimate of drug-likeness (QED) is 0.888. The zero-order chi connectivity index (χ0) is 12.6. The van der Waals surface area contributed by atoms with Crippen molar-refractivity contribution in [1.29, 1.82) is 0 Å². The van der Waals surface area contributed by atoms with Crippen molar-refractivity contribution in [2.45, 2.75) is 49.7 Å². The van der Waals surface area contributed by atoms with Crippen molar-refractivity contribution in [2.75, 3.05) is 7.11 Å². The fourth-order valence-electron chi connectivity index (χ4n) is 3.63. The molecule has 0 aliphatic heterocycles. The van der Waals surface area contributed by atoms with Crippen LogP contribution in [-0.4, -0.2) is 23.9 Å². The molecule has 4 atom stereocenters. The lowest BCUT2D eigenvalue weighted by atomic mass is 9.78. The molecule has 0 radical (unpaired) electrons. The summed E-state index contributed by atoms with van der Waals surface area (Å²) in [6.45, 7) is 0. The summed E-state index contributed by atoms with van der Waals surface area (Å²) >= 11 is 0. The molecule has 2 nitrogen and oxygen atoms in total. The Labute approximate surface area is 109 Å². The maximum absolute atomic E-state index is 10.9. The van der Waals surface area contributed by atoms with Gasteiger partial charge < -0.3 is 9.84 Å². The summed E-state index contributed by atoms with van der Waals surface area (Å²) in [4.78, 5) is 0. The predicted molar refractivity (Wildman–Crippen MR) is 71.5 cm³/mol. The Bertz CT molecular complexity index is 403. The molecule has 0 amide bonds. The average Bonchev–Trinajstić information content (AvgIpc) is 3.21. The van der Waals surface area contributed by atoms with Gasteiger partial charge in [-0.3, -0.25) is 0 Å². The number of aliphatic hydroxyl groups is 1. The number of hydrogen-bond donors (Lipinski definition) is 1. The van der Waals surface area contributed by atoms with Gasteiger partial charge in [0, 0.05) is 13.5 Å². The van der Waals surface area contributed by atoms with Crippen LogP contribution in [0.15, 0.2) is 30.3 Å². The Balaban J connectivity index is 1.69. The Kier molecular flexibility index (Phi) is 3.16. The van der Waals surface area contributed by atoms with E-state index in [4.69, 9.17) is 4.74 Å². The Morgan fingerprint density at radius 2 is 2.06 bits per heavy atom. The van der Waals surface area contributed by atoms with Gasteiger partial charge in [0.15, 0.2) is 0 Å². The topological polar surface area (TPSA) is 29.5 Å². The molecule has 3 rings (SSSR count). The van der Waals surface area contributed by atoms with Crippen molar-refractivity contribution in [3.63, 3.8) is 0 Å². The first-order chi connectivity index (χ1) is 8.73. The number of hydrogen-bond acceptors (Lipinski definition) is 2. The summed E-state index contributed by atoms with van der Waals surface area (Å²) < 4.78 is 5.45. The highest BCUT2D eigenvalue weighted by atomic mass is 16.5. The zero-order valence-corrected chi connectivity index (χ0v) is 11.0. The van der Waals surface area contributed by atoms with E-state index < -0.39 is 5.60 Å². The van der Waals surface area contributed by atoms with Crippen LogP contribution in [0.1, 0.15) is 43.6 Å². The van der Waals surface area contributed by atoms with Gasteiger partial charge in [0.05, 0.1) is 11.7 Å². The lowest BCUT2D eigenvalue weighted by Gasteiger charge is -2.37. The minimum Gasteiger partial charge on any atom is -0.389 e. The molecule has 1 N–H and O–H groups in total. The first-order valence-electron chi connectivity index (χ1n) is 7.03. The molecule has 18 heavy (non-hydrogen) atoms. The van der Waals surface area contributed by atoms with Crippen molar-refractivity contribution in [3.8, 4) is 0 Å². The van der Waals surface area contributed by atoms with Gasteiger partial charge in [-0.15, -0.1) is 0 Å². The van der Waals surface area contributed by atoms with Gasteiger partial charge in [-0.1, -0.05) is 30.3 Å². The third kappa shape index (κ3) is 2.19. The van der Waals surface area contributed by atoms with Crippen LogP contribution in [0.4, 0.5) is 0 Å². The molecule has 98 valence electrons. The molecular formula is C16H22O2. The van der Waals surface area contributed by atoms with Crippen LogP contribution in [-0.2, 0) is 4.74 Å². The van der Waals surface area contributed by atoms with Crippen LogP contribution in [0, 0.1) is 5.92 Å². The van der Waals surface area contributed by atoms with E-state index in [1.807, 2.05) is 0 Å². The molecular weight excluding hydrogens is 224 g/mol. The second-order valence-corrected chi connectivity index (χ2v) is 5.92. The first kappa shape index (κ1) is 12.2. The third-order valence-electron chi connectivity index (χ3n) is 4.76. The Hall–Kier alpha value is -0.860. The van der Waals surface area contributed by atoms with Gasteiger partial charge in [0.2, 0.25) is 0 Å². The number of rotatable bonds is 3. The summed E-state index contributed by atoms with van der Waals surface area (Å²) in [5.74, 6) is 1.00. The summed E-state index contributed by atoms with van der Waals surface area (Å²) in [6.07, 6.45) is 5.34. The molecule has 2 aliphatic rings. The second kappa shape index (κ2) is 4.67. The number of benzene rings is 1. The standard InChI is InChI=1S/C16H22O2/c1-18-13-8-5-9-16(17,11-13)15-10-14(15)12-6-3-2-4-7-12/h2-4,6-7,13-15,17H,5,8-11H2,1H3. The minimum atomic E-state index is -0.487. The highest BCUT2D eigenvalue weighted by molar-refractivity contribution is 5.28. The second-order valence-electron chi connectivity index (χ2n) is 5.92.